The number of rotatable bonds is 5. The van der Waals surface area contributed by atoms with Crippen LogP contribution in [0.5, 0.6) is 0 Å². The third-order valence-electron chi connectivity index (χ3n) is 3.90. The van der Waals surface area contributed by atoms with E-state index in [-0.39, 0.29) is 11.4 Å². The van der Waals surface area contributed by atoms with E-state index in [1.807, 2.05) is 6.92 Å². The molecular weight excluding hydrogens is 224 g/mol. The van der Waals surface area contributed by atoms with Crippen LogP contribution >= 0.6 is 11.6 Å². The van der Waals surface area contributed by atoms with Crippen molar-refractivity contribution in [1.82, 2.24) is 0 Å². The Bertz CT molecular complexity index is 300. The van der Waals surface area contributed by atoms with Crippen molar-refractivity contribution in [3.05, 3.63) is 12.2 Å². The maximum absolute atomic E-state index is 12.0. The molecule has 0 N–H and O–H groups in total. The van der Waals surface area contributed by atoms with Gasteiger partial charge in [-0.25, -0.2) is 0 Å². The Hall–Kier alpha value is -0.500. The molecule has 90 valence electrons. The molecule has 0 aliphatic heterocycles. The molecule has 3 atom stereocenters. The fraction of sp³-hybridized carbons (Fsp3) is 0.769. The van der Waals surface area contributed by atoms with Gasteiger partial charge in [0.2, 0.25) is 0 Å². The van der Waals surface area contributed by atoms with Gasteiger partial charge in [-0.05, 0) is 44.4 Å². The second kappa shape index (κ2) is 4.79. The van der Waals surface area contributed by atoms with Crippen LogP contribution in [0.15, 0.2) is 12.2 Å². The minimum Gasteiger partial charge on any atom is -0.465 e. The van der Waals surface area contributed by atoms with Gasteiger partial charge in [0.15, 0.2) is 0 Å². The van der Waals surface area contributed by atoms with E-state index in [0.29, 0.717) is 24.3 Å². The number of allylic oxidation sites excluding steroid dienone is 2. The van der Waals surface area contributed by atoms with Crippen molar-refractivity contribution in [2.24, 2.45) is 17.3 Å². The van der Waals surface area contributed by atoms with Crippen LogP contribution in [-0.2, 0) is 9.53 Å². The van der Waals surface area contributed by atoms with Crippen molar-refractivity contribution in [3.8, 4) is 0 Å². The average molecular weight is 243 g/mol. The molecule has 0 aromatic carbocycles. The van der Waals surface area contributed by atoms with Gasteiger partial charge in [0.1, 0.15) is 0 Å². The summed E-state index contributed by atoms with van der Waals surface area (Å²) in [6.07, 6.45) is 8.31. The fourth-order valence-corrected chi connectivity index (χ4v) is 3.04. The van der Waals surface area contributed by atoms with E-state index in [1.54, 1.807) is 0 Å². The Morgan fingerprint density at radius 2 is 2.31 bits per heavy atom. The summed E-state index contributed by atoms with van der Waals surface area (Å²) in [7, 11) is 0. The Morgan fingerprint density at radius 3 is 2.88 bits per heavy atom. The number of carbonyl (C=O) groups excluding carboxylic acids is 1. The summed E-state index contributed by atoms with van der Waals surface area (Å²) in [5.41, 5.74) is -0.264. The zero-order valence-corrected chi connectivity index (χ0v) is 10.5. The molecule has 0 saturated heterocycles. The van der Waals surface area contributed by atoms with Crippen LogP contribution < -0.4 is 0 Å². The van der Waals surface area contributed by atoms with Gasteiger partial charge in [0, 0.05) is 5.88 Å². The van der Waals surface area contributed by atoms with Gasteiger partial charge in [-0.2, -0.15) is 0 Å². The van der Waals surface area contributed by atoms with E-state index >= 15 is 0 Å². The van der Waals surface area contributed by atoms with Crippen LogP contribution in [0.1, 0.15) is 32.6 Å². The molecule has 0 aromatic rings. The molecule has 3 heteroatoms. The van der Waals surface area contributed by atoms with Crippen molar-refractivity contribution in [1.29, 1.82) is 0 Å². The predicted molar refractivity (Wildman–Crippen MR) is 64.4 cm³/mol. The highest BCUT2D eigenvalue weighted by atomic mass is 35.5. The molecule has 2 rings (SSSR count). The predicted octanol–water partition coefficient (Wildman–Crippen LogP) is 3.15. The number of esters is 1. The Morgan fingerprint density at radius 1 is 1.50 bits per heavy atom. The summed E-state index contributed by atoms with van der Waals surface area (Å²) in [4.78, 5) is 12.0. The second-order valence-corrected chi connectivity index (χ2v) is 5.52. The van der Waals surface area contributed by atoms with Gasteiger partial charge in [0.05, 0.1) is 12.0 Å². The van der Waals surface area contributed by atoms with E-state index in [1.165, 1.54) is 0 Å². The highest BCUT2D eigenvalue weighted by Crippen LogP contribution is 2.52. The lowest BCUT2D eigenvalue weighted by Crippen LogP contribution is -2.34. The number of ether oxygens (including phenoxy) is 1. The van der Waals surface area contributed by atoms with E-state index < -0.39 is 0 Å². The van der Waals surface area contributed by atoms with Crippen molar-refractivity contribution in [3.63, 3.8) is 0 Å². The molecule has 2 nitrogen and oxygen atoms in total. The van der Waals surface area contributed by atoms with Crippen LogP contribution in [0.3, 0.4) is 0 Å². The van der Waals surface area contributed by atoms with E-state index in [9.17, 15) is 4.79 Å². The topological polar surface area (TPSA) is 26.3 Å². The highest BCUT2D eigenvalue weighted by Gasteiger charge is 2.50. The maximum Gasteiger partial charge on any atom is 0.312 e. The van der Waals surface area contributed by atoms with Gasteiger partial charge in [-0.15, -0.1) is 11.6 Å². The normalized spacial score (nSPS) is 35.6. The average Bonchev–Trinajstić information content (AvgIpc) is 2.84. The van der Waals surface area contributed by atoms with Gasteiger partial charge >= 0.3 is 5.97 Å². The Labute approximate surface area is 102 Å². The first-order chi connectivity index (χ1) is 7.66. The molecule has 0 amide bonds. The third kappa shape index (κ3) is 2.13. The summed E-state index contributed by atoms with van der Waals surface area (Å²) in [5, 5.41) is 0. The molecule has 1 fully saturated rings. The largest absolute Gasteiger partial charge is 0.465 e. The highest BCUT2D eigenvalue weighted by molar-refractivity contribution is 6.17. The summed E-state index contributed by atoms with van der Waals surface area (Å²) < 4.78 is 5.35. The molecular formula is C13H19ClO2. The van der Waals surface area contributed by atoms with Gasteiger partial charge in [0.25, 0.3) is 0 Å². The van der Waals surface area contributed by atoms with Crippen LogP contribution in [0.4, 0.5) is 0 Å². The molecule has 2 aliphatic rings. The molecule has 0 unspecified atom stereocenters. The Kier molecular flexibility index (Phi) is 3.58. The lowest BCUT2D eigenvalue weighted by molar-refractivity contribution is -0.156. The van der Waals surface area contributed by atoms with Crippen LogP contribution in [0, 0.1) is 17.3 Å². The monoisotopic (exact) mass is 242 g/mol. The number of carbonyl (C=O) groups is 1. The standard InChI is InChI=1S/C13H19ClO2/c1-13(9-10-4-5-11(13)8-10)12(15)16-7-3-2-6-14/h4-5,10-11H,2-3,6-9H2,1H3/t10-,11-,13-/m0/s1. The molecule has 0 aromatic heterocycles. The lowest BCUT2D eigenvalue weighted by atomic mass is 9.78. The van der Waals surface area contributed by atoms with Gasteiger partial charge in [-0.1, -0.05) is 12.2 Å². The lowest BCUT2D eigenvalue weighted by Gasteiger charge is -2.28. The number of fused-ring (bicyclic) bond motifs is 2. The summed E-state index contributed by atoms with van der Waals surface area (Å²) >= 11 is 5.57. The van der Waals surface area contributed by atoms with Crippen LogP contribution in [0.25, 0.3) is 0 Å². The number of alkyl halides is 1. The summed E-state index contributed by atoms with van der Waals surface area (Å²) in [5.74, 6) is 1.63. The maximum atomic E-state index is 12.0. The first kappa shape index (κ1) is 12.0. The smallest absolute Gasteiger partial charge is 0.312 e. The minimum atomic E-state index is -0.264. The molecule has 0 spiro atoms. The van der Waals surface area contributed by atoms with Crippen molar-refractivity contribution in [2.45, 2.75) is 32.6 Å². The van der Waals surface area contributed by atoms with E-state index in [0.717, 1.165) is 25.7 Å². The number of halogens is 1. The number of hydrogen-bond acceptors (Lipinski definition) is 2. The zero-order chi connectivity index (χ0) is 11.6. The summed E-state index contributed by atoms with van der Waals surface area (Å²) in [6, 6.07) is 0. The Balaban J connectivity index is 1.83. The quantitative estimate of drug-likeness (QED) is 0.320. The third-order valence-corrected chi connectivity index (χ3v) is 4.17. The summed E-state index contributed by atoms with van der Waals surface area (Å²) in [6.45, 7) is 2.56. The van der Waals surface area contributed by atoms with Gasteiger partial charge in [-0.3, -0.25) is 4.79 Å². The molecule has 1 saturated carbocycles. The van der Waals surface area contributed by atoms with Crippen molar-refractivity contribution >= 4 is 17.6 Å². The number of hydrogen-bond donors (Lipinski definition) is 0. The van der Waals surface area contributed by atoms with E-state index in [4.69, 9.17) is 16.3 Å². The van der Waals surface area contributed by atoms with Crippen molar-refractivity contribution in [2.75, 3.05) is 12.5 Å². The second-order valence-electron chi connectivity index (χ2n) is 5.14. The minimum absolute atomic E-state index is 0.0149. The molecule has 16 heavy (non-hydrogen) atoms. The zero-order valence-electron chi connectivity index (χ0n) is 9.75. The van der Waals surface area contributed by atoms with Crippen LogP contribution in [-0.4, -0.2) is 18.5 Å². The first-order valence-corrected chi connectivity index (χ1v) is 6.62. The van der Waals surface area contributed by atoms with E-state index in [2.05, 4.69) is 12.2 Å². The molecule has 2 bridgehead atoms. The van der Waals surface area contributed by atoms with Crippen molar-refractivity contribution < 1.29 is 9.53 Å². The fourth-order valence-electron chi connectivity index (χ4n) is 2.86. The number of unbranched alkanes of at least 4 members (excludes halogenated alkanes) is 1. The van der Waals surface area contributed by atoms with Gasteiger partial charge < -0.3 is 4.74 Å². The first-order valence-electron chi connectivity index (χ1n) is 6.08. The molecule has 2 aliphatic carbocycles. The molecule has 0 radical (unpaired) electrons. The SMILES string of the molecule is C[C@]1(C(=O)OCCCCCl)C[C@H]2C=C[C@H]1C2. The molecule has 0 heterocycles. The van der Waals surface area contributed by atoms with Crippen LogP contribution in [0.2, 0.25) is 0 Å².